The van der Waals surface area contributed by atoms with E-state index < -0.39 is 10.0 Å². The van der Waals surface area contributed by atoms with Crippen LogP contribution in [-0.2, 0) is 10.0 Å². The summed E-state index contributed by atoms with van der Waals surface area (Å²) >= 11 is 0. The van der Waals surface area contributed by atoms with E-state index in [0.717, 1.165) is 6.42 Å². The minimum absolute atomic E-state index is 0.0387. The predicted octanol–water partition coefficient (Wildman–Crippen LogP) is 1.88. The minimum atomic E-state index is -3.18. The summed E-state index contributed by atoms with van der Waals surface area (Å²) in [5.74, 6) is 0.208. The molecule has 2 amide bonds. The molecule has 6 nitrogen and oxygen atoms in total. The molecule has 0 aliphatic carbocycles. The van der Waals surface area contributed by atoms with Crippen molar-refractivity contribution in [3.63, 3.8) is 0 Å². The summed E-state index contributed by atoms with van der Waals surface area (Å²) in [6.45, 7) is 10.8. The van der Waals surface area contributed by atoms with Gasteiger partial charge in [-0.25, -0.2) is 17.5 Å². The summed E-state index contributed by atoms with van der Waals surface area (Å²) in [5, 5.41) is 2.93. The fraction of sp³-hybridized carbons (Fsp3) is 0.933. The highest BCUT2D eigenvalue weighted by Gasteiger charge is 2.26. The molecule has 130 valence electrons. The number of sulfonamides is 1. The maximum absolute atomic E-state index is 12.2. The van der Waals surface area contributed by atoms with E-state index in [2.05, 4.69) is 26.1 Å². The van der Waals surface area contributed by atoms with Crippen LogP contribution >= 0.6 is 0 Å². The number of unbranched alkanes of at least 4 members (excludes halogenated alkanes) is 1. The molecule has 0 aromatic carbocycles. The average Bonchev–Trinajstić information content (AvgIpc) is 2.68. The Morgan fingerprint density at radius 2 is 1.82 bits per heavy atom. The molecule has 0 aromatic rings. The summed E-state index contributed by atoms with van der Waals surface area (Å²) in [6, 6.07) is -0.0947. The van der Waals surface area contributed by atoms with Crippen LogP contribution in [0.1, 0.15) is 47.0 Å². The van der Waals surface area contributed by atoms with Gasteiger partial charge in [-0.3, -0.25) is 0 Å². The summed E-state index contributed by atoms with van der Waals surface area (Å²) in [5.41, 5.74) is 0.0387. The number of amides is 2. The standard InChI is InChI=1S/C15H31N3O3S/c1-5-6-12-22(20,21)18-9-7-8-17(10-11-18)14(19)16-13-15(2,3)4/h5-13H2,1-4H3,(H,16,19). The third kappa shape index (κ3) is 6.52. The lowest BCUT2D eigenvalue weighted by Gasteiger charge is -2.25. The van der Waals surface area contributed by atoms with E-state index in [1.54, 1.807) is 9.21 Å². The molecule has 1 heterocycles. The normalized spacial score (nSPS) is 18.1. The third-order valence-corrected chi connectivity index (χ3v) is 5.62. The van der Waals surface area contributed by atoms with Crippen molar-refractivity contribution in [3.05, 3.63) is 0 Å². The first-order chi connectivity index (χ1) is 10.2. The van der Waals surface area contributed by atoms with Gasteiger partial charge in [-0.05, 0) is 18.3 Å². The Kier molecular flexibility index (Phi) is 7.12. The lowest BCUT2D eigenvalue weighted by Crippen LogP contribution is -2.45. The molecule has 0 unspecified atom stereocenters. The Hall–Kier alpha value is -0.820. The third-order valence-electron chi connectivity index (χ3n) is 3.66. The maximum Gasteiger partial charge on any atom is 0.317 e. The first-order valence-corrected chi connectivity index (χ1v) is 9.77. The molecule has 1 rings (SSSR count). The fourth-order valence-corrected chi connectivity index (χ4v) is 3.96. The van der Waals surface area contributed by atoms with Crippen molar-refractivity contribution >= 4 is 16.1 Å². The number of hydrogen-bond acceptors (Lipinski definition) is 3. The van der Waals surface area contributed by atoms with Crippen LogP contribution in [0.15, 0.2) is 0 Å². The Morgan fingerprint density at radius 1 is 1.14 bits per heavy atom. The molecule has 22 heavy (non-hydrogen) atoms. The van der Waals surface area contributed by atoms with Crippen LogP contribution in [-0.4, -0.2) is 62.1 Å². The van der Waals surface area contributed by atoms with Crippen LogP contribution in [0.2, 0.25) is 0 Å². The molecule has 1 saturated heterocycles. The van der Waals surface area contributed by atoms with Gasteiger partial charge < -0.3 is 10.2 Å². The zero-order valence-electron chi connectivity index (χ0n) is 14.4. The highest BCUT2D eigenvalue weighted by atomic mass is 32.2. The second kappa shape index (κ2) is 8.15. The number of carbonyl (C=O) groups excluding carboxylic acids is 1. The van der Waals surface area contributed by atoms with Crippen LogP contribution in [0.4, 0.5) is 4.79 Å². The van der Waals surface area contributed by atoms with E-state index in [0.29, 0.717) is 45.6 Å². The topological polar surface area (TPSA) is 69.7 Å². The summed E-state index contributed by atoms with van der Waals surface area (Å²) < 4.78 is 26.0. The Bertz CT molecular complexity index is 457. The molecule has 0 spiro atoms. The first kappa shape index (κ1) is 19.2. The molecule has 1 fully saturated rings. The van der Waals surface area contributed by atoms with E-state index in [4.69, 9.17) is 0 Å². The van der Waals surface area contributed by atoms with Crippen molar-refractivity contribution in [2.24, 2.45) is 5.41 Å². The molecule has 0 saturated carbocycles. The van der Waals surface area contributed by atoms with Crippen molar-refractivity contribution in [1.82, 2.24) is 14.5 Å². The largest absolute Gasteiger partial charge is 0.337 e. The van der Waals surface area contributed by atoms with Crippen LogP contribution in [0, 0.1) is 5.41 Å². The van der Waals surface area contributed by atoms with Gasteiger partial charge in [0.25, 0.3) is 0 Å². The molecule has 0 atom stereocenters. The molecule has 0 radical (unpaired) electrons. The van der Waals surface area contributed by atoms with E-state index in [-0.39, 0.29) is 17.2 Å². The average molecular weight is 333 g/mol. The lowest BCUT2D eigenvalue weighted by atomic mass is 9.97. The first-order valence-electron chi connectivity index (χ1n) is 8.16. The van der Waals surface area contributed by atoms with Crippen molar-refractivity contribution < 1.29 is 13.2 Å². The number of rotatable bonds is 5. The second-order valence-corrected chi connectivity index (χ2v) is 9.22. The van der Waals surface area contributed by atoms with Crippen molar-refractivity contribution in [2.75, 3.05) is 38.5 Å². The van der Waals surface area contributed by atoms with Gasteiger partial charge in [0.15, 0.2) is 0 Å². The summed E-state index contributed by atoms with van der Waals surface area (Å²) in [6.07, 6.45) is 2.25. The van der Waals surface area contributed by atoms with Gasteiger partial charge in [0, 0.05) is 32.7 Å². The van der Waals surface area contributed by atoms with Gasteiger partial charge in [-0.2, -0.15) is 0 Å². The number of urea groups is 1. The van der Waals surface area contributed by atoms with Crippen molar-refractivity contribution in [2.45, 2.75) is 47.0 Å². The Balaban J connectivity index is 2.53. The summed E-state index contributed by atoms with van der Waals surface area (Å²) in [4.78, 5) is 13.9. The van der Waals surface area contributed by atoms with E-state index in [1.165, 1.54) is 0 Å². The van der Waals surface area contributed by atoms with Crippen LogP contribution in [0.3, 0.4) is 0 Å². The molecule has 0 aromatic heterocycles. The number of nitrogens with zero attached hydrogens (tertiary/aromatic N) is 2. The van der Waals surface area contributed by atoms with Crippen LogP contribution in [0.5, 0.6) is 0 Å². The van der Waals surface area contributed by atoms with E-state index >= 15 is 0 Å². The molecule has 1 N–H and O–H groups in total. The second-order valence-electron chi connectivity index (χ2n) is 7.13. The maximum atomic E-state index is 12.2. The SMILES string of the molecule is CCCCS(=O)(=O)N1CCCN(C(=O)NCC(C)(C)C)CC1. The van der Waals surface area contributed by atoms with Gasteiger partial charge >= 0.3 is 6.03 Å². The molecular formula is C15H31N3O3S. The van der Waals surface area contributed by atoms with Gasteiger partial charge in [-0.1, -0.05) is 34.1 Å². The molecule has 1 aliphatic rings. The quantitative estimate of drug-likeness (QED) is 0.835. The number of carbonyl (C=O) groups is 1. The van der Waals surface area contributed by atoms with Gasteiger partial charge in [0.2, 0.25) is 10.0 Å². The highest BCUT2D eigenvalue weighted by Crippen LogP contribution is 2.12. The van der Waals surface area contributed by atoms with Crippen molar-refractivity contribution in [1.29, 1.82) is 0 Å². The number of hydrogen-bond donors (Lipinski definition) is 1. The van der Waals surface area contributed by atoms with Crippen molar-refractivity contribution in [3.8, 4) is 0 Å². The highest BCUT2D eigenvalue weighted by molar-refractivity contribution is 7.89. The van der Waals surface area contributed by atoms with Gasteiger partial charge in [0.05, 0.1) is 5.75 Å². The predicted molar refractivity (Wildman–Crippen MR) is 89.3 cm³/mol. The van der Waals surface area contributed by atoms with E-state index in [1.807, 2.05) is 6.92 Å². The Morgan fingerprint density at radius 3 is 2.41 bits per heavy atom. The van der Waals surface area contributed by atoms with Crippen LogP contribution < -0.4 is 5.32 Å². The molecule has 0 bridgehead atoms. The number of nitrogens with one attached hydrogen (secondary N) is 1. The molecule has 7 heteroatoms. The summed E-state index contributed by atoms with van der Waals surface area (Å²) in [7, 11) is -3.18. The van der Waals surface area contributed by atoms with Gasteiger partial charge in [0.1, 0.15) is 0 Å². The molecule has 1 aliphatic heterocycles. The van der Waals surface area contributed by atoms with Gasteiger partial charge in [-0.15, -0.1) is 0 Å². The van der Waals surface area contributed by atoms with E-state index in [9.17, 15) is 13.2 Å². The smallest absolute Gasteiger partial charge is 0.317 e. The monoisotopic (exact) mass is 333 g/mol. The fourth-order valence-electron chi connectivity index (χ4n) is 2.28. The Labute approximate surface area is 135 Å². The minimum Gasteiger partial charge on any atom is -0.337 e. The van der Waals surface area contributed by atoms with Crippen LogP contribution in [0.25, 0.3) is 0 Å². The lowest BCUT2D eigenvalue weighted by molar-refractivity contribution is 0.195. The zero-order chi connectivity index (χ0) is 16.8. The molecular weight excluding hydrogens is 302 g/mol. The zero-order valence-corrected chi connectivity index (χ0v) is 15.2.